The van der Waals surface area contributed by atoms with E-state index >= 15 is 0 Å². The summed E-state index contributed by atoms with van der Waals surface area (Å²) in [5.74, 6) is 1.29. The Kier molecular flexibility index (Phi) is 9.33. The molecule has 0 amide bonds. The van der Waals surface area contributed by atoms with Crippen molar-refractivity contribution in [2.45, 2.75) is 46.6 Å². The number of nitro benzene ring substituents is 1. The molecular weight excluding hydrogens is 598 g/mol. The second-order valence-electron chi connectivity index (χ2n) is 10.3. The maximum absolute atomic E-state index is 14.0. The van der Waals surface area contributed by atoms with E-state index in [9.17, 15) is 19.7 Å². The van der Waals surface area contributed by atoms with Crippen molar-refractivity contribution < 1.29 is 28.3 Å². The van der Waals surface area contributed by atoms with Gasteiger partial charge < -0.3 is 18.6 Å². The molecule has 0 unspecified atom stereocenters. The number of benzene rings is 2. The number of fused-ring (bicyclic) bond motifs is 1. The fraction of sp³-hybridized carbons (Fsp3) is 0.303. The van der Waals surface area contributed by atoms with E-state index in [0.717, 1.165) is 24.2 Å². The minimum atomic E-state index is -0.833. The van der Waals surface area contributed by atoms with E-state index in [2.05, 4.69) is 11.9 Å². The number of furan rings is 1. The molecule has 2 aromatic heterocycles. The summed E-state index contributed by atoms with van der Waals surface area (Å²) in [5.41, 5.74) is 1.99. The summed E-state index contributed by atoms with van der Waals surface area (Å²) in [5, 5.41) is 11.4. The van der Waals surface area contributed by atoms with E-state index in [-0.39, 0.29) is 23.4 Å². The Morgan fingerprint density at radius 1 is 1.16 bits per heavy atom. The van der Waals surface area contributed by atoms with Crippen molar-refractivity contribution in [3.05, 3.63) is 106 Å². The van der Waals surface area contributed by atoms with Crippen LogP contribution in [-0.2, 0) is 9.53 Å². The third-order valence-electron chi connectivity index (χ3n) is 7.44. The number of aromatic nitrogens is 1. The van der Waals surface area contributed by atoms with Gasteiger partial charge in [0, 0.05) is 23.3 Å². The first-order valence-electron chi connectivity index (χ1n) is 14.5. The third kappa shape index (κ3) is 6.18. The highest BCUT2D eigenvalue weighted by molar-refractivity contribution is 7.07. The van der Waals surface area contributed by atoms with Crippen molar-refractivity contribution in [2.24, 2.45) is 4.99 Å². The molecule has 0 fully saturated rings. The molecule has 45 heavy (non-hydrogen) atoms. The molecule has 5 rings (SSSR count). The lowest BCUT2D eigenvalue weighted by Gasteiger charge is -2.25. The van der Waals surface area contributed by atoms with Crippen molar-refractivity contribution in [2.75, 3.05) is 20.3 Å². The molecule has 0 spiro atoms. The van der Waals surface area contributed by atoms with Crippen LogP contribution >= 0.6 is 11.3 Å². The number of nitrogens with zero attached hydrogens (tertiary/aromatic N) is 3. The third-order valence-corrected chi connectivity index (χ3v) is 8.43. The van der Waals surface area contributed by atoms with Gasteiger partial charge in [0.1, 0.15) is 11.5 Å². The number of hydrogen-bond acceptors (Lipinski definition) is 10. The lowest BCUT2D eigenvalue weighted by Crippen LogP contribution is -2.39. The molecule has 0 saturated carbocycles. The summed E-state index contributed by atoms with van der Waals surface area (Å²) >= 11 is 1.16. The van der Waals surface area contributed by atoms with E-state index in [0.29, 0.717) is 61.3 Å². The molecule has 1 aliphatic rings. The number of hydrogen-bond donors (Lipinski definition) is 0. The van der Waals surface area contributed by atoms with Crippen molar-refractivity contribution in [3.63, 3.8) is 0 Å². The van der Waals surface area contributed by atoms with E-state index in [1.165, 1.54) is 17.7 Å². The molecule has 0 bridgehead atoms. The predicted molar refractivity (Wildman–Crippen MR) is 169 cm³/mol. The summed E-state index contributed by atoms with van der Waals surface area (Å²) < 4.78 is 24.8. The molecular formula is C33H33N3O8S. The number of allylic oxidation sites excluding steroid dienone is 1. The summed E-state index contributed by atoms with van der Waals surface area (Å²) in [6.07, 6.45) is 3.47. The molecule has 0 aliphatic carbocycles. The molecule has 2 aromatic carbocycles. The number of methoxy groups -OCH3 is 1. The lowest BCUT2D eigenvalue weighted by atomic mass is 9.95. The van der Waals surface area contributed by atoms with Crippen molar-refractivity contribution in [3.8, 4) is 22.8 Å². The highest BCUT2D eigenvalue weighted by Gasteiger charge is 2.34. The van der Waals surface area contributed by atoms with Gasteiger partial charge in [-0.1, -0.05) is 42.9 Å². The van der Waals surface area contributed by atoms with E-state index in [4.69, 9.17) is 18.6 Å². The predicted octanol–water partition coefficient (Wildman–Crippen LogP) is 5.46. The van der Waals surface area contributed by atoms with Crippen LogP contribution in [0, 0.1) is 17.0 Å². The maximum Gasteiger partial charge on any atom is 0.338 e. The average molecular weight is 632 g/mol. The van der Waals surface area contributed by atoms with E-state index in [1.807, 2.05) is 6.07 Å². The fourth-order valence-electron chi connectivity index (χ4n) is 5.20. The molecule has 1 aliphatic heterocycles. The Labute approximate surface area is 262 Å². The number of nitro groups is 1. The highest BCUT2D eigenvalue weighted by Crippen LogP contribution is 2.36. The summed E-state index contributed by atoms with van der Waals surface area (Å²) in [6, 6.07) is 12.7. The van der Waals surface area contributed by atoms with Gasteiger partial charge in [-0.05, 0) is 57.0 Å². The molecule has 3 heterocycles. The van der Waals surface area contributed by atoms with Crippen LogP contribution in [0.15, 0.2) is 74.0 Å². The zero-order chi connectivity index (χ0) is 32.2. The lowest BCUT2D eigenvalue weighted by molar-refractivity contribution is -0.385. The fourth-order valence-corrected chi connectivity index (χ4v) is 6.23. The molecule has 12 heteroatoms. The summed E-state index contributed by atoms with van der Waals surface area (Å²) in [4.78, 5) is 43.3. The van der Waals surface area contributed by atoms with Gasteiger partial charge in [-0.3, -0.25) is 19.5 Å². The Morgan fingerprint density at radius 2 is 1.96 bits per heavy atom. The number of thiazole rings is 1. The zero-order valence-electron chi connectivity index (χ0n) is 25.6. The molecule has 0 saturated heterocycles. The standard InChI is InChI=1S/C33H33N3O8S/c1-6-8-16-43-26-14-12-21(17-27(26)41-5)30-29(32(38)42-7-2)20(4)34-33-35(30)31(37)28(45-33)18-22-13-15-25(44-22)23-10-9-11-24(19(23)3)36(39)40/h9-15,17-18,30H,6-8,16H2,1-5H3/b28-18+/t30-/m0/s1. The normalized spacial score (nSPS) is 14.6. The quantitative estimate of drug-likeness (QED) is 0.0922. The zero-order valence-corrected chi connectivity index (χ0v) is 26.4. The molecule has 234 valence electrons. The molecule has 0 N–H and O–H groups in total. The first-order valence-corrected chi connectivity index (χ1v) is 15.3. The first kappa shape index (κ1) is 31.5. The van der Waals surface area contributed by atoms with Crippen LogP contribution in [0.5, 0.6) is 11.5 Å². The van der Waals surface area contributed by atoms with Crippen LogP contribution in [0.1, 0.15) is 56.5 Å². The van der Waals surface area contributed by atoms with Gasteiger partial charge >= 0.3 is 5.97 Å². The topological polar surface area (TPSA) is 135 Å². The van der Waals surface area contributed by atoms with Crippen LogP contribution in [0.3, 0.4) is 0 Å². The Hall–Kier alpha value is -4.97. The number of ether oxygens (including phenoxy) is 3. The van der Waals surface area contributed by atoms with Gasteiger partial charge in [0.05, 0.1) is 47.1 Å². The summed E-state index contributed by atoms with van der Waals surface area (Å²) in [7, 11) is 1.54. The van der Waals surface area contributed by atoms with Crippen LogP contribution in [-0.4, -0.2) is 35.8 Å². The van der Waals surface area contributed by atoms with Crippen LogP contribution in [0.2, 0.25) is 0 Å². The minimum Gasteiger partial charge on any atom is -0.493 e. The van der Waals surface area contributed by atoms with Gasteiger partial charge in [-0.25, -0.2) is 9.79 Å². The minimum absolute atomic E-state index is 0.0104. The van der Waals surface area contributed by atoms with Gasteiger partial charge in [-0.15, -0.1) is 0 Å². The number of unbranched alkanes of at least 4 members (excludes halogenated alkanes) is 1. The van der Waals surface area contributed by atoms with Crippen molar-refractivity contribution >= 4 is 29.1 Å². The average Bonchev–Trinajstić information content (AvgIpc) is 3.60. The van der Waals surface area contributed by atoms with Crippen LogP contribution in [0.25, 0.3) is 17.4 Å². The molecule has 0 radical (unpaired) electrons. The van der Waals surface area contributed by atoms with Crippen molar-refractivity contribution in [1.82, 2.24) is 4.57 Å². The Balaban J connectivity index is 1.61. The van der Waals surface area contributed by atoms with Crippen LogP contribution < -0.4 is 24.4 Å². The van der Waals surface area contributed by atoms with E-state index in [1.54, 1.807) is 63.2 Å². The van der Waals surface area contributed by atoms with Gasteiger partial charge in [0.25, 0.3) is 11.2 Å². The number of carbonyl (C=O) groups excluding carboxylic acids is 1. The Bertz CT molecular complexity index is 1980. The molecule has 4 aromatic rings. The number of rotatable bonds is 11. The second kappa shape index (κ2) is 13.3. The van der Waals surface area contributed by atoms with Crippen LogP contribution in [0.4, 0.5) is 5.69 Å². The maximum atomic E-state index is 14.0. The first-order chi connectivity index (χ1) is 21.7. The highest BCUT2D eigenvalue weighted by atomic mass is 32.1. The summed E-state index contributed by atoms with van der Waals surface area (Å²) in [6.45, 7) is 7.87. The smallest absolute Gasteiger partial charge is 0.338 e. The largest absolute Gasteiger partial charge is 0.493 e. The van der Waals surface area contributed by atoms with Gasteiger partial charge in [-0.2, -0.15) is 0 Å². The molecule has 1 atom stereocenters. The number of esters is 1. The second-order valence-corrected chi connectivity index (χ2v) is 11.3. The van der Waals surface area contributed by atoms with Gasteiger partial charge in [0.15, 0.2) is 16.3 Å². The van der Waals surface area contributed by atoms with E-state index < -0.39 is 16.9 Å². The van der Waals surface area contributed by atoms with Gasteiger partial charge in [0.2, 0.25) is 0 Å². The monoisotopic (exact) mass is 631 g/mol. The SMILES string of the molecule is CCCCOc1ccc([C@H]2C(C(=O)OCC)=C(C)N=c3s/c(=C/c4ccc(-c5cccc([N+](=O)[O-])c5C)o4)c(=O)n32)cc1OC. The number of carbonyl (C=O) groups is 1. The Morgan fingerprint density at radius 3 is 2.67 bits per heavy atom. The molecule has 11 nitrogen and oxygen atoms in total. The van der Waals surface area contributed by atoms with Crippen molar-refractivity contribution in [1.29, 1.82) is 0 Å².